The zero-order chi connectivity index (χ0) is 14.5. The van der Waals surface area contributed by atoms with Gasteiger partial charge in [-0.15, -0.1) is 0 Å². The molecule has 0 heterocycles. The van der Waals surface area contributed by atoms with E-state index in [9.17, 15) is 0 Å². The van der Waals surface area contributed by atoms with Crippen molar-refractivity contribution in [2.75, 3.05) is 0 Å². The van der Waals surface area contributed by atoms with Crippen molar-refractivity contribution in [1.29, 1.82) is 0 Å². The molecule has 0 aromatic heterocycles. The van der Waals surface area contributed by atoms with Crippen LogP contribution in [0.15, 0.2) is 46.9 Å². The van der Waals surface area contributed by atoms with E-state index in [1.54, 1.807) is 0 Å². The Bertz CT molecular complexity index is 588. The van der Waals surface area contributed by atoms with Gasteiger partial charge in [0.05, 0.1) is 9.50 Å². The summed E-state index contributed by atoms with van der Waals surface area (Å²) in [7, 11) is 0. The van der Waals surface area contributed by atoms with Crippen molar-refractivity contribution in [2.24, 2.45) is 5.73 Å². The maximum atomic E-state index is 6.28. The van der Waals surface area contributed by atoms with E-state index in [1.165, 1.54) is 0 Å². The summed E-state index contributed by atoms with van der Waals surface area (Å²) in [6.45, 7) is 2.07. The topological polar surface area (TPSA) is 35.2 Å². The average molecular weight is 355 g/mol. The van der Waals surface area contributed by atoms with Gasteiger partial charge >= 0.3 is 0 Å². The number of nitrogens with two attached hydrogens (primary N) is 1. The molecule has 2 nitrogen and oxygen atoms in total. The lowest BCUT2D eigenvalue weighted by atomic mass is 10.0. The van der Waals surface area contributed by atoms with E-state index in [0.717, 1.165) is 28.6 Å². The second-order valence-electron chi connectivity index (χ2n) is 4.63. The van der Waals surface area contributed by atoms with E-state index < -0.39 is 0 Å². The molecule has 0 bridgehead atoms. The summed E-state index contributed by atoms with van der Waals surface area (Å²) in [5, 5.41) is 0.599. The van der Waals surface area contributed by atoms with Crippen LogP contribution in [0, 0.1) is 0 Å². The highest BCUT2D eigenvalue weighted by Gasteiger charge is 2.13. The van der Waals surface area contributed by atoms with Crippen LogP contribution in [-0.4, -0.2) is 6.04 Å². The largest absolute Gasteiger partial charge is 0.454 e. The van der Waals surface area contributed by atoms with Crippen LogP contribution in [0.25, 0.3) is 0 Å². The van der Waals surface area contributed by atoms with Crippen molar-refractivity contribution in [3.63, 3.8) is 0 Å². The van der Waals surface area contributed by atoms with Gasteiger partial charge in [-0.2, -0.15) is 0 Å². The van der Waals surface area contributed by atoms with Gasteiger partial charge in [0, 0.05) is 6.04 Å². The normalized spacial score (nSPS) is 12.2. The average Bonchev–Trinajstić information content (AvgIpc) is 2.44. The minimum atomic E-state index is 0.107. The van der Waals surface area contributed by atoms with E-state index in [-0.39, 0.29) is 6.04 Å². The van der Waals surface area contributed by atoms with Crippen LogP contribution in [0.2, 0.25) is 5.02 Å². The molecule has 2 aromatic rings. The highest BCUT2D eigenvalue weighted by atomic mass is 79.9. The van der Waals surface area contributed by atoms with Crippen LogP contribution in [-0.2, 0) is 6.42 Å². The Hall–Kier alpha value is -1.03. The highest BCUT2D eigenvalue weighted by molar-refractivity contribution is 9.10. The number of halogens is 2. The summed E-state index contributed by atoms with van der Waals surface area (Å²) in [6.07, 6.45) is 1.66. The SMILES string of the molecule is CCC(N)Cc1cccc(Cl)c1Oc1ccccc1Br. The second kappa shape index (κ2) is 7.11. The second-order valence-corrected chi connectivity index (χ2v) is 5.89. The van der Waals surface area contributed by atoms with E-state index in [0.29, 0.717) is 10.8 Å². The fourth-order valence-corrected chi connectivity index (χ4v) is 2.49. The molecule has 0 aliphatic carbocycles. The van der Waals surface area contributed by atoms with Gasteiger partial charge in [0.15, 0.2) is 0 Å². The molecule has 20 heavy (non-hydrogen) atoms. The molecule has 1 atom stereocenters. The predicted octanol–water partition coefficient (Wildman–Crippen LogP) is 5.17. The summed E-state index contributed by atoms with van der Waals surface area (Å²) in [4.78, 5) is 0. The zero-order valence-corrected chi connectivity index (χ0v) is 13.6. The van der Waals surface area contributed by atoms with E-state index >= 15 is 0 Å². The molecule has 2 aromatic carbocycles. The van der Waals surface area contributed by atoms with Crippen LogP contribution in [0.4, 0.5) is 0 Å². The maximum Gasteiger partial charge on any atom is 0.149 e. The Morgan fingerprint density at radius 3 is 2.65 bits per heavy atom. The number of benzene rings is 2. The van der Waals surface area contributed by atoms with E-state index in [2.05, 4.69) is 22.9 Å². The summed E-state index contributed by atoms with van der Waals surface area (Å²) < 4.78 is 6.88. The van der Waals surface area contributed by atoms with E-state index in [1.807, 2.05) is 42.5 Å². The minimum absolute atomic E-state index is 0.107. The first-order valence-corrected chi connectivity index (χ1v) is 7.74. The smallest absolute Gasteiger partial charge is 0.149 e. The number of para-hydroxylation sites is 2. The Kier molecular flexibility index (Phi) is 5.46. The third kappa shape index (κ3) is 3.75. The lowest BCUT2D eigenvalue weighted by molar-refractivity contribution is 0.469. The van der Waals surface area contributed by atoms with E-state index in [4.69, 9.17) is 22.1 Å². The number of hydrogen-bond donors (Lipinski definition) is 1. The number of hydrogen-bond acceptors (Lipinski definition) is 2. The first-order chi connectivity index (χ1) is 9.61. The van der Waals surface area contributed by atoms with Gasteiger partial charge in [0.1, 0.15) is 11.5 Å². The minimum Gasteiger partial charge on any atom is -0.454 e. The quantitative estimate of drug-likeness (QED) is 0.803. The van der Waals surface area contributed by atoms with Gasteiger partial charge in [0.25, 0.3) is 0 Å². The fraction of sp³-hybridized carbons (Fsp3) is 0.250. The molecule has 0 aliphatic heterocycles. The van der Waals surface area contributed by atoms with Crippen molar-refractivity contribution >= 4 is 27.5 Å². The molecule has 4 heteroatoms. The Morgan fingerprint density at radius 1 is 1.20 bits per heavy atom. The number of rotatable bonds is 5. The zero-order valence-electron chi connectivity index (χ0n) is 11.3. The summed E-state index contributed by atoms with van der Waals surface area (Å²) in [5.41, 5.74) is 7.07. The Labute approximate surface area is 133 Å². The van der Waals surface area contributed by atoms with Crippen molar-refractivity contribution < 1.29 is 4.74 Å². The third-order valence-corrected chi connectivity index (χ3v) is 4.06. The molecule has 0 aliphatic rings. The lowest BCUT2D eigenvalue weighted by Crippen LogP contribution is -2.21. The summed E-state index contributed by atoms with van der Waals surface area (Å²) in [5.74, 6) is 1.43. The molecule has 0 saturated carbocycles. The monoisotopic (exact) mass is 353 g/mol. The molecule has 0 radical (unpaired) electrons. The molecule has 1 unspecified atom stereocenters. The highest BCUT2D eigenvalue weighted by Crippen LogP contribution is 2.36. The first kappa shape index (κ1) is 15.4. The van der Waals surface area contributed by atoms with Crippen molar-refractivity contribution in [2.45, 2.75) is 25.8 Å². The van der Waals surface area contributed by atoms with Crippen LogP contribution in [0.1, 0.15) is 18.9 Å². The van der Waals surface area contributed by atoms with Gasteiger partial charge in [-0.1, -0.05) is 42.8 Å². The summed E-state index contributed by atoms with van der Waals surface area (Å²) >= 11 is 9.75. The first-order valence-electron chi connectivity index (χ1n) is 6.57. The van der Waals surface area contributed by atoms with Crippen LogP contribution in [0.3, 0.4) is 0 Å². The molecule has 106 valence electrons. The van der Waals surface area contributed by atoms with Crippen LogP contribution >= 0.6 is 27.5 Å². The third-order valence-electron chi connectivity index (χ3n) is 3.10. The van der Waals surface area contributed by atoms with Crippen molar-refractivity contribution in [3.8, 4) is 11.5 Å². The van der Waals surface area contributed by atoms with Gasteiger partial charge in [-0.25, -0.2) is 0 Å². The molecular weight excluding hydrogens is 338 g/mol. The number of ether oxygens (including phenoxy) is 1. The lowest BCUT2D eigenvalue weighted by Gasteiger charge is -2.16. The molecule has 0 spiro atoms. The maximum absolute atomic E-state index is 6.28. The molecule has 0 saturated heterocycles. The van der Waals surface area contributed by atoms with Crippen LogP contribution in [0.5, 0.6) is 11.5 Å². The Balaban J connectivity index is 2.33. The van der Waals surface area contributed by atoms with Gasteiger partial charge < -0.3 is 10.5 Å². The fourth-order valence-electron chi connectivity index (χ4n) is 1.89. The molecule has 0 fully saturated rings. The standard InChI is InChI=1S/C16H17BrClNO/c1-2-12(19)10-11-6-5-8-14(18)16(11)20-15-9-4-3-7-13(15)17/h3-9,12H,2,10,19H2,1H3. The summed E-state index contributed by atoms with van der Waals surface area (Å²) in [6, 6.07) is 13.6. The van der Waals surface area contributed by atoms with Crippen LogP contribution < -0.4 is 10.5 Å². The Morgan fingerprint density at radius 2 is 1.95 bits per heavy atom. The molecule has 0 amide bonds. The van der Waals surface area contributed by atoms with Gasteiger partial charge in [-0.05, 0) is 52.5 Å². The van der Waals surface area contributed by atoms with Crippen molar-refractivity contribution in [3.05, 3.63) is 57.5 Å². The molecule has 2 N–H and O–H groups in total. The van der Waals surface area contributed by atoms with Crippen molar-refractivity contribution in [1.82, 2.24) is 0 Å². The molecule has 2 rings (SSSR count). The predicted molar refractivity (Wildman–Crippen MR) is 87.6 cm³/mol. The molecular formula is C16H17BrClNO. The van der Waals surface area contributed by atoms with Gasteiger partial charge in [0.2, 0.25) is 0 Å². The van der Waals surface area contributed by atoms with Gasteiger partial charge in [-0.3, -0.25) is 0 Å².